The number of aromatic nitrogens is 3. The van der Waals surface area contributed by atoms with Crippen LogP contribution in [0.5, 0.6) is 17.2 Å². The van der Waals surface area contributed by atoms with Crippen LogP contribution in [0.2, 0.25) is 0 Å². The van der Waals surface area contributed by atoms with Gasteiger partial charge >= 0.3 is 6.03 Å². The van der Waals surface area contributed by atoms with Gasteiger partial charge in [0.1, 0.15) is 5.82 Å². The third-order valence-electron chi connectivity index (χ3n) is 9.00. The van der Waals surface area contributed by atoms with E-state index >= 15 is 0 Å². The second-order valence-electron chi connectivity index (χ2n) is 12.1. The molecule has 3 amide bonds. The largest absolute Gasteiger partial charge is 0.493 e. The first-order valence-corrected chi connectivity index (χ1v) is 16.1. The highest BCUT2D eigenvalue weighted by Crippen LogP contribution is 2.40. The molecule has 4 N–H and O–H groups in total. The number of anilines is 2. The summed E-state index contributed by atoms with van der Waals surface area (Å²) < 4.78 is 18.1. The highest BCUT2D eigenvalue weighted by molar-refractivity contribution is 5.99. The van der Waals surface area contributed by atoms with E-state index in [1.807, 2.05) is 29.1 Å². The summed E-state index contributed by atoms with van der Waals surface area (Å²) in [5.41, 5.74) is 9.93. The van der Waals surface area contributed by atoms with Crippen molar-refractivity contribution in [1.29, 1.82) is 0 Å². The highest BCUT2D eigenvalue weighted by Gasteiger charge is 2.27. The molecule has 48 heavy (non-hydrogen) atoms. The number of nitrogens with one attached hydrogen (secondary N) is 2. The number of nitrogens with two attached hydrogens (primary N) is 1. The number of piperidine rings is 1. The van der Waals surface area contributed by atoms with Crippen molar-refractivity contribution in [1.82, 2.24) is 29.9 Å². The topological polar surface area (TPSA) is 149 Å². The van der Waals surface area contributed by atoms with Crippen molar-refractivity contribution in [3.05, 3.63) is 78.2 Å². The Kier molecular flexibility index (Phi) is 9.95. The van der Waals surface area contributed by atoms with Crippen molar-refractivity contribution in [2.24, 2.45) is 0 Å². The minimum atomic E-state index is -0.224. The van der Waals surface area contributed by atoms with E-state index in [1.54, 1.807) is 35.5 Å². The van der Waals surface area contributed by atoms with Crippen LogP contribution in [0.1, 0.15) is 41.2 Å². The Labute approximate surface area is 280 Å². The number of amides is 3. The number of ether oxygens (including phenoxy) is 3. The summed E-state index contributed by atoms with van der Waals surface area (Å²) in [7, 11) is 4.60. The fourth-order valence-electron chi connectivity index (χ4n) is 6.39. The summed E-state index contributed by atoms with van der Waals surface area (Å²) in [4.78, 5) is 34.8. The lowest BCUT2D eigenvalue weighted by molar-refractivity contribution is 0.0938. The highest BCUT2D eigenvalue weighted by atomic mass is 16.5. The number of hydrogen-bond donors (Lipinski definition) is 3. The molecule has 2 aromatic heterocycles. The van der Waals surface area contributed by atoms with Gasteiger partial charge in [-0.2, -0.15) is 5.10 Å². The fourth-order valence-corrected chi connectivity index (χ4v) is 6.39. The number of hydrogen-bond acceptors (Lipinski definition) is 9. The first kappa shape index (κ1) is 32.6. The molecule has 0 spiro atoms. The van der Waals surface area contributed by atoms with Crippen LogP contribution in [-0.2, 0) is 6.54 Å². The van der Waals surface area contributed by atoms with Gasteiger partial charge in [-0.15, -0.1) is 0 Å². The van der Waals surface area contributed by atoms with Gasteiger partial charge in [0.05, 0.1) is 44.8 Å². The Bertz CT molecular complexity index is 1710. The molecule has 1 atom stereocenters. The number of pyridine rings is 1. The molecule has 2 aromatic carbocycles. The number of nitrogen functional groups attached to an aromatic ring is 1. The normalized spacial score (nSPS) is 16.8. The molecule has 2 fully saturated rings. The molecule has 0 aliphatic carbocycles. The molecule has 13 heteroatoms. The van der Waals surface area contributed by atoms with E-state index in [0.717, 1.165) is 50.0 Å². The molecule has 4 heterocycles. The third-order valence-corrected chi connectivity index (χ3v) is 9.00. The first-order chi connectivity index (χ1) is 23.3. The molecular formula is C35H42N8O5. The molecule has 2 aliphatic rings. The van der Waals surface area contributed by atoms with Crippen LogP contribution in [-0.4, -0.2) is 90.1 Å². The van der Waals surface area contributed by atoms with Gasteiger partial charge in [-0.25, -0.2) is 9.78 Å². The van der Waals surface area contributed by atoms with Crippen molar-refractivity contribution in [2.75, 3.05) is 58.6 Å². The van der Waals surface area contributed by atoms with Crippen LogP contribution >= 0.6 is 0 Å². The van der Waals surface area contributed by atoms with Crippen LogP contribution in [0.3, 0.4) is 0 Å². The molecule has 0 saturated carbocycles. The van der Waals surface area contributed by atoms with Crippen molar-refractivity contribution in [3.8, 4) is 28.4 Å². The zero-order chi connectivity index (χ0) is 33.6. The molecule has 2 saturated heterocycles. The maximum atomic E-state index is 13.3. The number of nitrogens with zero attached hydrogens (tertiary/aromatic N) is 5. The molecule has 13 nitrogen and oxygen atoms in total. The average molecular weight is 655 g/mol. The first-order valence-electron chi connectivity index (χ1n) is 16.1. The van der Waals surface area contributed by atoms with Crippen LogP contribution in [0.4, 0.5) is 16.3 Å². The number of carbonyl (C=O) groups excluding carboxylic acids is 2. The maximum absolute atomic E-state index is 13.3. The number of likely N-dealkylation sites (tertiary alicyclic amines) is 2. The Hall–Kier alpha value is -5.30. The Morgan fingerprint density at radius 2 is 1.65 bits per heavy atom. The van der Waals surface area contributed by atoms with Crippen molar-refractivity contribution in [2.45, 2.75) is 37.9 Å². The van der Waals surface area contributed by atoms with Gasteiger partial charge in [0.2, 0.25) is 5.75 Å². The van der Waals surface area contributed by atoms with Crippen LogP contribution < -0.4 is 30.6 Å². The van der Waals surface area contributed by atoms with E-state index in [-0.39, 0.29) is 29.8 Å². The van der Waals surface area contributed by atoms with Crippen molar-refractivity contribution >= 4 is 23.4 Å². The molecule has 2 aliphatic heterocycles. The van der Waals surface area contributed by atoms with Crippen molar-refractivity contribution in [3.63, 3.8) is 0 Å². The lowest BCUT2D eigenvalue weighted by Gasteiger charge is -2.32. The predicted octanol–water partition coefficient (Wildman–Crippen LogP) is 4.43. The summed E-state index contributed by atoms with van der Waals surface area (Å²) in [6.07, 6.45) is 7.76. The number of rotatable bonds is 10. The summed E-state index contributed by atoms with van der Waals surface area (Å²) in [6.45, 7) is 3.69. The Balaban J connectivity index is 1.04. The summed E-state index contributed by atoms with van der Waals surface area (Å²) >= 11 is 0. The standard InChI is InChI=1S/C35H42N8O5/c1-46-30-16-27(17-31(47-2)32(30)48-3)40-35(45)42-13-10-28(11-14-42)43-21-25(19-38-43)24-15-29(33(36)37-18-24)34(44)39-26-9-12-41(22-26)20-23-7-5-4-6-8-23/h4-8,15-19,21,26,28H,9-14,20,22H2,1-3H3,(H2,36,37)(H,39,44)(H,40,45)/t26-/m1/s1. The molecule has 6 rings (SSSR count). The van der Waals surface area contributed by atoms with Gasteiger partial charge in [0, 0.05) is 74.4 Å². The van der Waals surface area contributed by atoms with Gasteiger partial charge in [0.25, 0.3) is 5.91 Å². The molecule has 252 valence electrons. The van der Waals surface area contributed by atoms with Gasteiger partial charge in [0.15, 0.2) is 11.5 Å². The molecule has 4 aromatic rings. The van der Waals surface area contributed by atoms with Gasteiger partial charge in [-0.05, 0) is 30.9 Å². The SMILES string of the molecule is COc1cc(NC(=O)N2CCC(n3cc(-c4cnc(N)c(C(=O)N[C@@H]5CCN(Cc6ccccc6)C5)c4)cn3)CC2)cc(OC)c1OC. The second-order valence-corrected chi connectivity index (χ2v) is 12.1. The van der Waals surface area contributed by atoms with E-state index < -0.39 is 0 Å². The predicted molar refractivity (Wildman–Crippen MR) is 182 cm³/mol. The minimum absolute atomic E-state index is 0.0434. The molecule has 0 radical (unpaired) electrons. The number of benzene rings is 2. The summed E-state index contributed by atoms with van der Waals surface area (Å²) in [6, 6.07) is 15.5. The summed E-state index contributed by atoms with van der Waals surface area (Å²) in [5.74, 6) is 1.35. The van der Waals surface area contributed by atoms with Crippen molar-refractivity contribution < 1.29 is 23.8 Å². The number of carbonyl (C=O) groups is 2. The minimum Gasteiger partial charge on any atom is -0.493 e. The van der Waals surface area contributed by atoms with Crippen LogP contribution in [0, 0.1) is 0 Å². The Morgan fingerprint density at radius 3 is 2.33 bits per heavy atom. The maximum Gasteiger partial charge on any atom is 0.321 e. The van der Waals surface area contributed by atoms with Crippen LogP contribution in [0.15, 0.2) is 67.1 Å². The fraction of sp³-hybridized carbons (Fsp3) is 0.371. The lowest BCUT2D eigenvalue weighted by Crippen LogP contribution is -2.41. The smallest absolute Gasteiger partial charge is 0.321 e. The zero-order valence-corrected chi connectivity index (χ0v) is 27.5. The second kappa shape index (κ2) is 14.6. The van der Waals surface area contributed by atoms with Gasteiger partial charge < -0.3 is 35.5 Å². The monoisotopic (exact) mass is 654 g/mol. The lowest BCUT2D eigenvalue weighted by atomic mass is 10.1. The van der Waals surface area contributed by atoms with E-state index in [0.29, 0.717) is 41.6 Å². The molecule has 0 bridgehead atoms. The quantitative estimate of drug-likeness (QED) is 0.226. The van der Waals surface area contributed by atoms with E-state index in [4.69, 9.17) is 19.9 Å². The zero-order valence-electron chi connectivity index (χ0n) is 27.5. The summed E-state index contributed by atoms with van der Waals surface area (Å²) in [5, 5.41) is 10.7. The van der Waals surface area contributed by atoms with Crippen LogP contribution in [0.25, 0.3) is 11.1 Å². The van der Waals surface area contributed by atoms with Gasteiger partial charge in [-0.1, -0.05) is 30.3 Å². The van der Waals surface area contributed by atoms with E-state index in [9.17, 15) is 9.59 Å². The average Bonchev–Trinajstić information content (AvgIpc) is 3.78. The Morgan fingerprint density at radius 1 is 0.917 bits per heavy atom. The third kappa shape index (κ3) is 7.31. The number of urea groups is 1. The van der Waals surface area contributed by atoms with E-state index in [1.165, 1.54) is 26.9 Å². The number of methoxy groups -OCH3 is 3. The molecular weight excluding hydrogens is 612 g/mol. The van der Waals surface area contributed by atoms with E-state index in [2.05, 4.69) is 37.7 Å². The van der Waals surface area contributed by atoms with Gasteiger partial charge in [-0.3, -0.25) is 14.4 Å². The molecule has 0 unspecified atom stereocenters.